The summed E-state index contributed by atoms with van der Waals surface area (Å²) in [5, 5.41) is 0. The van der Waals surface area contributed by atoms with Crippen LogP contribution in [0.3, 0.4) is 0 Å². The van der Waals surface area contributed by atoms with Crippen molar-refractivity contribution < 1.29 is 23.8 Å². The molecule has 0 aromatic heterocycles. The quantitative estimate of drug-likeness (QED) is 0.377. The minimum Gasteiger partial charge on any atom is -0.490 e. The molecule has 3 amide bonds. The second-order valence-corrected chi connectivity index (χ2v) is 9.38. The van der Waals surface area contributed by atoms with Gasteiger partial charge in [-0.1, -0.05) is 37.3 Å². The summed E-state index contributed by atoms with van der Waals surface area (Å²) in [5.41, 5.74) is 2.02. The summed E-state index contributed by atoms with van der Waals surface area (Å²) < 4.78 is 17.9. The summed E-state index contributed by atoms with van der Waals surface area (Å²) in [6, 6.07) is 19.6. The van der Waals surface area contributed by atoms with Gasteiger partial charge >= 0.3 is 6.03 Å². The Morgan fingerprint density at radius 2 is 1.73 bits per heavy atom. The van der Waals surface area contributed by atoms with Crippen molar-refractivity contribution in [3.8, 4) is 17.2 Å². The number of fused-ring (bicyclic) bond motifs is 4. The van der Waals surface area contributed by atoms with Crippen LogP contribution in [0.5, 0.6) is 17.2 Å². The number of imide groups is 1. The molecule has 0 unspecified atom stereocenters. The van der Waals surface area contributed by atoms with Crippen LogP contribution in [0.1, 0.15) is 61.6 Å². The fraction of sp³-hybridized carbons (Fsp3) is 0.333. The lowest BCUT2D eigenvalue weighted by atomic mass is 9.88. The molecular weight excluding hydrogens is 468 g/mol. The van der Waals surface area contributed by atoms with Crippen LogP contribution in [0.4, 0.5) is 10.5 Å². The largest absolute Gasteiger partial charge is 0.490 e. The average Bonchev–Trinajstić information content (AvgIpc) is 2.89. The van der Waals surface area contributed by atoms with E-state index >= 15 is 0 Å². The number of ether oxygens (including phenoxy) is 3. The maximum atomic E-state index is 14.2. The maximum absolute atomic E-state index is 14.2. The smallest absolute Gasteiger partial charge is 0.335 e. The van der Waals surface area contributed by atoms with Gasteiger partial charge in [-0.15, -0.1) is 0 Å². The van der Waals surface area contributed by atoms with Gasteiger partial charge in [-0.2, -0.15) is 0 Å². The molecule has 0 spiro atoms. The predicted molar refractivity (Wildman–Crippen MR) is 141 cm³/mol. The van der Waals surface area contributed by atoms with E-state index in [1.165, 1.54) is 4.90 Å². The molecule has 1 fully saturated rings. The number of nitrogens with zero attached hydrogens (tertiary/aromatic N) is 2. The van der Waals surface area contributed by atoms with E-state index in [9.17, 15) is 9.59 Å². The Morgan fingerprint density at radius 1 is 0.973 bits per heavy atom. The summed E-state index contributed by atoms with van der Waals surface area (Å²) in [5.74, 6) is 1.32. The molecule has 2 aliphatic rings. The first-order valence-electron chi connectivity index (χ1n) is 12.8. The van der Waals surface area contributed by atoms with Gasteiger partial charge in [0.25, 0.3) is 5.91 Å². The molecular formula is C30H32N2O5. The minimum atomic E-state index is -0.950. The standard InChI is InChI=1S/C30H32N2O5/c1-5-20-11-10-12-22(17-20)32-29(34)31(24-19-30(32,4)37-25-14-9-8-13-23(24)25)28(33)21-15-16-26(35-6-2)27(18-21)36-7-3/h8-18,24H,5-7,19H2,1-4H3/t24-,30+/m1/s1. The van der Waals surface area contributed by atoms with Crippen LogP contribution in [-0.2, 0) is 6.42 Å². The average molecular weight is 501 g/mol. The van der Waals surface area contributed by atoms with Crippen molar-refractivity contribution in [3.63, 3.8) is 0 Å². The van der Waals surface area contributed by atoms with Crippen molar-refractivity contribution in [1.29, 1.82) is 0 Å². The topological polar surface area (TPSA) is 68.3 Å². The van der Waals surface area contributed by atoms with E-state index in [0.29, 0.717) is 48.1 Å². The molecule has 7 heteroatoms. The number of para-hydroxylation sites is 1. The number of anilines is 1. The van der Waals surface area contributed by atoms with E-state index in [0.717, 1.165) is 17.5 Å². The van der Waals surface area contributed by atoms with Gasteiger partial charge in [0.05, 0.1) is 19.3 Å². The first-order chi connectivity index (χ1) is 17.9. The zero-order valence-corrected chi connectivity index (χ0v) is 21.7. The SMILES string of the molecule is CCOc1ccc(C(=O)N2C(=O)N(c3cccc(CC)c3)[C@]3(C)C[C@@H]2c2ccccc2O3)cc1OCC. The lowest BCUT2D eigenvalue weighted by molar-refractivity contribution is 0.00266. The normalized spacial score (nSPS) is 20.2. The third-order valence-corrected chi connectivity index (χ3v) is 6.95. The number of hydrogen-bond acceptors (Lipinski definition) is 5. The van der Waals surface area contributed by atoms with Crippen LogP contribution in [0.2, 0.25) is 0 Å². The number of carbonyl (C=O) groups is 2. The van der Waals surface area contributed by atoms with Crippen LogP contribution < -0.4 is 19.1 Å². The highest BCUT2D eigenvalue weighted by molar-refractivity contribution is 6.10. The van der Waals surface area contributed by atoms with Crippen molar-refractivity contribution >= 4 is 17.6 Å². The minimum absolute atomic E-state index is 0.357. The molecule has 37 heavy (non-hydrogen) atoms. The Kier molecular flexibility index (Phi) is 6.54. The Balaban J connectivity index is 1.62. The third kappa shape index (κ3) is 4.28. The summed E-state index contributed by atoms with van der Waals surface area (Å²) in [7, 11) is 0. The zero-order valence-electron chi connectivity index (χ0n) is 21.7. The van der Waals surface area contributed by atoms with Crippen LogP contribution in [0.15, 0.2) is 66.7 Å². The van der Waals surface area contributed by atoms with Crippen molar-refractivity contribution in [2.75, 3.05) is 18.1 Å². The highest BCUT2D eigenvalue weighted by atomic mass is 16.5. The molecule has 7 nitrogen and oxygen atoms in total. The number of amides is 3. The molecule has 0 saturated carbocycles. The predicted octanol–water partition coefficient (Wildman–Crippen LogP) is 6.37. The highest BCUT2D eigenvalue weighted by Crippen LogP contribution is 2.50. The second-order valence-electron chi connectivity index (χ2n) is 9.38. The maximum Gasteiger partial charge on any atom is 0.335 e. The van der Waals surface area contributed by atoms with Gasteiger partial charge in [0, 0.05) is 23.2 Å². The molecule has 2 bridgehead atoms. The molecule has 1 saturated heterocycles. The molecule has 2 heterocycles. The summed E-state index contributed by atoms with van der Waals surface area (Å²) >= 11 is 0. The van der Waals surface area contributed by atoms with E-state index in [4.69, 9.17) is 14.2 Å². The van der Waals surface area contributed by atoms with E-state index in [1.807, 2.05) is 69.3 Å². The van der Waals surface area contributed by atoms with Crippen LogP contribution in [-0.4, -0.2) is 35.8 Å². The van der Waals surface area contributed by atoms with Gasteiger partial charge in [-0.25, -0.2) is 4.79 Å². The molecule has 2 atom stereocenters. The van der Waals surface area contributed by atoms with Crippen molar-refractivity contribution in [1.82, 2.24) is 4.90 Å². The van der Waals surface area contributed by atoms with E-state index in [2.05, 4.69) is 6.92 Å². The molecule has 2 aliphatic heterocycles. The van der Waals surface area contributed by atoms with E-state index in [-0.39, 0.29) is 0 Å². The third-order valence-electron chi connectivity index (χ3n) is 6.95. The highest BCUT2D eigenvalue weighted by Gasteiger charge is 2.55. The molecule has 0 radical (unpaired) electrons. The van der Waals surface area contributed by atoms with Gasteiger partial charge < -0.3 is 14.2 Å². The summed E-state index contributed by atoms with van der Waals surface area (Å²) in [6.07, 6.45) is 1.27. The molecule has 5 rings (SSSR count). The fourth-order valence-corrected chi connectivity index (χ4v) is 5.26. The number of hydrogen-bond donors (Lipinski definition) is 0. The fourth-order valence-electron chi connectivity index (χ4n) is 5.26. The number of benzene rings is 3. The van der Waals surface area contributed by atoms with Gasteiger partial charge in [0.2, 0.25) is 0 Å². The van der Waals surface area contributed by atoms with Crippen LogP contribution in [0, 0.1) is 0 Å². The summed E-state index contributed by atoms with van der Waals surface area (Å²) in [6.45, 7) is 8.65. The number of carbonyl (C=O) groups excluding carboxylic acids is 2. The van der Waals surface area contributed by atoms with Crippen LogP contribution >= 0.6 is 0 Å². The van der Waals surface area contributed by atoms with Crippen molar-refractivity contribution in [3.05, 3.63) is 83.4 Å². The number of aryl methyl sites for hydroxylation is 1. The lowest BCUT2D eigenvalue weighted by Crippen LogP contribution is -2.67. The Bertz CT molecular complexity index is 1340. The van der Waals surface area contributed by atoms with Crippen LogP contribution in [0.25, 0.3) is 0 Å². The first kappa shape index (κ1) is 24.7. The molecule has 0 aliphatic carbocycles. The zero-order chi connectivity index (χ0) is 26.2. The Morgan fingerprint density at radius 3 is 2.49 bits per heavy atom. The second kappa shape index (κ2) is 9.81. The molecule has 192 valence electrons. The van der Waals surface area contributed by atoms with Crippen molar-refractivity contribution in [2.24, 2.45) is 0 Å². The van der Waals surface area contributed by atoms with Gasteiger partial charge in [0.1, 0.15) is 5.75 Å². The first-order valence-corrected chi connectivity index (χ1v) is 12.8. The molecule has 3 aromatic rings. The van der Waals surface area contributed by atoms with Gasteiger partial charge in [-0.05, 0) is 69.2 Å². The molecule has 3 aromatic carbocycles. The summed E-state index contributed by atoms with van der Waals surface area (Å²) in [4.78, 5) is 31.3. The Hall–Kier alpha value is -4.00. The van der Waals surface area contributed by atoms with E-state index < -0.39 is 23.7 Å². The van der Waals surface area contributed by atoms with Gasteiger partial charge in [0.15, 0.2) is 17.2 Å². The Labute approximate surface area is 217 Å². The number of urea groups is 1. The van der Waals surface area contributed by atoms with E-state index in [1.54, 1.807) is 23.1 Å². The molecule has 0 N–H and O–H groups in total. The monoisotopic (exact) mass is 500 g/mol. The lowest BCUT2D eigenvalue weighted by Gasteiger charge is -2.53. The van der Waals surface area contributed by atoms with Crippen molar-refractivity contribution in [2.45, 2.75) is 52.3 Å². The van der Waals surface area contributed by atoms with Gasteiger partial charge in [-0.3, -0.25) is 14.6 Å². The number of rotatable bonds is 7.